The number of para-hydroxylation sites is 1. The van der Waals surface area contributed by atoms with Crippen molar-refractivity contribution in [3.63, 3.8) is 0 Å². The van der Waals surface area contributed by atoms with Gasteiger partial charge < -0.3 is 9.94 Å². The lowest BCUT2D eigenvalue weighted by Gasteiger charge is -2.23. The standard InChI is InChI=1S/C9H11NO2/c11-10-8-5-7-3-1-2-4-9(7)12-6-8/h1-4,8,10-11H,5-6H2. The predicted octanol–water partition coefficient (Wildman–Crippen LogP) is 0.969. The molecule has 1 heterocycles. The van der Waals surface area contributed by atoms with Crippen LogP contribution in [0.25, 0.3) is 0 Å². The van der Waals surface area contributed by atoms with E-state index in [1.807, 2.05) is 24.3 Å². The van der Waals surface area contributed by atoms with E-state index in [1.165, 1.54) is 0 Å². The fourth-order valence-corrected chi connectivity index (χ4v) is 1.41. The fourth-order valence-electron chi connectivity index (χ4n) is 1.41. The lowest BCUT2D eigenvalue weighted by Crippen LogP contribution is -2.37. The van der Waals surface area contributed by atoms with Gasteiger partial charge in [0.15, 0.2) is 0 Å². The van der Waals surface area contributed by atoms with Crippen LogP contribution in [0.2, 0.25) is 0 Å². The molecule has 3 heteroatoms. The zero-order valence-electron chi connectivity index (χ0n) is 6.66. The Labute approximate surface area is 70.9 Å². The summed E-state index contributed by atoms with van der Waals surface area (Å²) in [5.74, 6) is 0.934. The molecule has 0 saturated carbocycles. The third kappa shape index (κ3) is 1.29. The van der Waals surface area contributed by atoms with Gasteiger partial charge in [-0.1, -0.05) is 18.2 Å². The number of hydrogen-bond acceptors (Lipinski definition) is 3. The van der Waals surface area contributed by atoms with Crippen LogP contribution in [-0.4, -0.2) is 17.9 Å². The normalized spacial score (nSPS) is 21.2. The predicted molar refractivity (Wildman–Crippen MR) is 44.4 cm³/mol. The highest BCUT2D eigenvalue weighted by molar-refractivity contribution is 5.35. The summed E-state index contributed by atoms with van der Waals surface area (Å²) >= 11 is 0. The van der Waals surface area contributed by atoms with Crippen molar-refractivity contribution in [1.82, 2.24) is 5.48 Å². The molecule has 0 bridgehead atoms. The maximum atomic E-state index is 8.69. The Morgan fingerprint density at radius 2 is 2.25 bits per heavy atom. The van der Waals surface area contributed by atoms with E-state index in [0.717, 1.165) is 17.7 Å². The van der Waals surface area contributed by atoms with Crippen molar-refractivity contribution < 1.29 is 9.94 Å². The van der Waals surface area contributed by atoms with Crippen LogP contribution < -0.4 is 10.2 Å². The molecule has 2 rings (SSSR count). The minimum Gasteiger partial charge on any atom is -0.492 e. The molecule has 0 amide bonds. The zero-order valence-corrected chi connectivity index (χ0v) is 6.66. The fraction of sp³-hybridized carbons (Fsp3) is 0.333. The molecule has 1 aromatic rings. The highest BCUT2D eigenvalue weighted by Crippen LogP contribution is 2.23. The van der Waals surface area contributed by atoms with Gasteiger partial charge >= 0.3 is 0 Å². The van der Waals surface area contributed by atoms with Crippen molar-refractivity contribution >= 4 is 0 Å². The van der Waals surface area contributed by atoms with Crippen LogP contribution in [0.1, 0.15) is 5.56 Å². The Balaban J connectivity index is 2.23. The van der Waals surface area contributed by atoms with Crippen LogP contribution in [0.4, 0.5) is 0 Å². The quantitative estimate of drug-likeness (QED) is 0.609. The van der Waals surface area contributed by atoms with Gasteiger partial charge in [0.1, 0.15) is 12.4 Å². The van der Waals surface area contributed by atoms with Crippen LogP contribution >= 0.6 is 0 Å². The van der Waals surface area contributed by atoms with Gasteiger partial charge in [0.25, 0.3) is 0 Å². The molecule has 0 spiro atoms. The molecular formula is C9H11NO2. The second kappa shape index (κ2) is 3.13. The SMILES string of the molecule is ONC1COc2ccccc2C1. The van der Waals surface area contributed by atoms with Gasteiger partial charge in [-0.05, 0) is 18.1 Å². The van der Waals surface area contributed by atoms with E-state index >= 15 is 0 Å². The minimum atomic E-state index is 0.0277. The Morgan fingerprint density at radius 1 is 1.42 bits per heavy atom. The maximum absolute atomic E-state index is 8.69. The molecule has 1 atom stereocenters. The maximum Gasteiger partial charge on any atom is 0.122 e. The van der Waals surface area contributed by atoms with E-state index in [2.05, 4.69) is 5.48 Å². The lowest BCUT2D eigenvalue weighted by atomic mass is 10.0. The van der Waals surface area contributed by atoms with Crippen LogP contribution in [0, 0.1) is 0 Å². The van der Waals surface area contributed by atoms with Crippen molar-refractivity contribution in [2.24, 2.45) is 0 Å². The molecule has 0 saturated heterocycles. The van der Waals surface area contributed by atoms with Crippen LogP contribution in [-0.2, 0) is 6.42 Å². The summed E-state index contributed by atoms with van der Waals surface area (Å²) in [5.41, 5.74) is 3.37. The smallest absolute Gasteiger partial charge is 0.122 e. The first-order valence-corrected chi connectivity index (χ1v) is 4.00. The Bertz CT molecular complexity index is 275. The summed E-state index contributed by atoms with van der Waals surface area (Å²) in [4.78, 5) is 0. The van der Waals surface area contributed by atoms with Gasteiger partial charge in [-0.3, -0.25) is 0 Å². The highest BCUT2D eigenvalue weighted by Gasteiger charge is 2.17. The molecule has 1 aliphatic heterocycles. The van der Waals surface area contributed by atoms with Gasteiger partial charge in [0, 0.05) is 0 Å². The Hall–Kier alpha value is -1.06. The summed E-state index contributed by atoms with van der Waals surface area (Å²) in [6.45, 7) is 0.535. The molecule has 2 N–H and O–H groups in total. The zero-order chi connectivity index (χ0) is 8.39. The summed E-state index contributed by atoms with van der Waals surface area (Å²) in [5, 5.41) is 8.69. The van der Waals surface area contributed by atoms with Gasteiger partial charge in [-0.2, -0.15) is 5.48 Å². The largest absolute Gasteiger partial charge is 0.492 e. The van der Waals surface area contributed by atoms with E-state index in [-0.39, 0.29) is 6.04 Å². The summed E-state index contributed by atoms with van der Waals surface area (Å²) in [6.07, 6.45) is 0.826. The number of benzene rings is 1. The Morgan fingerprint density at radius 3 is 3.08 bits per heavy atom. The molecule has 1 aromatic carbocycles. The molecule has 0 aliphatic carbocycles. The van der Waals surface area contributed by atoms with Gasteiger partial charge in [0.05, 0.1) is 6.04 Å². The molecular weight excluding hydrogens is 154 g/mol. The number of rotatable bonds is 1. The minimum absolute atomic E-state index is 0.0277. The molecule has 3 nitrogen and oxygen atoms in total. The number of nitrogens with one attached hydrogen (secondary N) is 1. The Kier molecular flexibility index (Phi) is 1.98. The van der Waals surface area contributed by atoms with Crippen molar-refractivity contribution in [3.8, 4) is 5.75 Å². The second-order valence-electron chi connectivity index (χ2n) is 2.95. The average Bonchev–Trinajstić information content (AvgIpc) is 2.17. The molecule has 1 aliphatic rings. The molecule has 0 aromatic heterocycles. The monoisotopic (exact) mass is 165 g/mol. The van der Waals surface area contributed by atoms with Crippen LogP contribution in [0.15, 0.2) is 24.3 Å². The average molecular weight is 165 g/mol. The second-order valence-corrected chi connectivity index (χ2v) is 2.95. The number of fused-ring (bicyclic) bond motifs is 1. The third-order valence-electron chi connectivity index (χ3n) is 2.06. The van der Waals surface area contributed by atoms with Crippen LogP contribution in [0.3, 0.4) is 0 Å². The molecule has 0 radical (unpaired) electrons. The highest BCUT2D eigenvalue weighted by atomic mass is 16.5. The number of hydroxylamine groups is 1. The number of hydrogen-bond donors (Lipinski definition) is 2. The van der Waals surface area contributed by atoms with E-state index in [1.54, 1.807) is 0 Å². The van der Waals surface area contributed by atoms with Crippen molar-refractivity contribution in [2.75, 3.05) is 6.61 Å². The first-order valence-electron chi connectivity index (χ1n) is 4.00. The molecule has 1 unspecified atom stereocenters. The van der Waals surface area contributed by atoms with Gasteiger partial charge in [0.2, 0.25) is 0 Å². The number of ether oxygens (including phenoxy) is 1. The summed E-state index contributed by atoms with van der Waals surface area (Å²) in [6, 6.07) is 7.91. The van der Waals surface area contributed by atoms with Crippen LogP contribution in [0.5, 0.6) is 5.75 Å². The van der Waals surface area contributed by atoms with E-state index in [9.17, 15) is 0 Å². The van der Waals surface area contributed by atoms with Gasteiger partial charge in [-0.25, -0.2) is 0 Å². The summed E-state index contributed by atoms with van der Waals surface area (Å²) < 4.78 is 5.40. The summed E-state index contributed by atoms with van der Waals surface area (Å²) in [7, 11) is 0. The van der Waals surface area contributed by atoms with E-state index < -0.39 is 0 Å². The third-order valence-corrected chi connectivity index (χ3v) is 2.06. The van der Waals surface area contributed by atoms with E-state index in [0.29, 0.717) is 6.61 Å². The first kappa shape index (κ1) is 7.58. The molecule has 64 valence electrons. The molecule has 0 fully saturated rings. The van der Waals surface area contributed by atoms with Crippen molar-refractivity contribution in [1.29, 1.82) is 0 Å². The van der Waals surface area contributed by atoms with Crippen molar-refractivity contribution in [3.05, 3.63) is 29.8 Å². The first-order chi connectivity index (χ1) is 5.90. The van der Waals surface area contributed by atoms with Gasteiger partial charge in [-0.15, -0.1) is 0 Å². The van der Waals surface area contributed by atoms with E-state index in [4.69, 9.17) is 9.94 Å². The van der Waals surface area contributed by atoms with Crippen molar-refractivity contribution in [2.45, 2.75) is 12.5 Å². The molecule has 12 heavy (non-hydrogen) atoms. The topological polar surface area (TPSA) is 41.5 Å². The lowest BCUT2D eigenvalue weighted by molar-refractivity contribution is 0.0885.